The molecule has 260 valence electrons. The fourth-order valence-electron chi connectivity index (χ4n) is 8.69. The monoisotopic (exact) mass is 713 g/mol. The third kappa shape index (κ3) is 4.64. The topological polar surface area (TPSA) is 48.5 Å². The zero-order valence-electron chi connectivity index (χ0n) is 30.1. The van der Waals surface area contributed by atoms with E-state index in [1.54, 1.807) is 0 Å². The van der Waals surface area contributed by atoms with Crippen LogP contribution in [0.3, 0.4) is 0 Å². The van der Waals surface area contributed by atoms with Crippen molar-refractivity contribution in [1.29, 1.82) is 0 Å². The Balaban J connectivity index is 1.19. The first-order valence-electron chi connectivity index (χ1n) is 18.9. The summed E-state index contributed by atoms with van der Waals surface area (Å²) in [5.41, 5.74) is 7.37. The molecular weight excluding hydrogens is 683 g/mol. The van der Waals surface area contributed by atoms with Crippen molar-refractivity contribution in [1.82, 2.24) is 24.1 Å². The van der Waals surface area contributed by atoms with Crippen LogP contribution in [0.15, 0.2) is 188 Å². The van der Waals surface area contributed by atoms with Crippen LogP contribution >= 0.6 is 0 Å². The molecule has 0 saturated carbocycles. The molecule has 0 aliphatic rings. The fourth-order valence-corrected chi connectivity index (χ4v) is 8.69. The average Bonchev–Trinajstić information content (AvgIpc) is 3.79. The minimum absolute atomic E-state index is 0.576. The van der Waals surface area contributed by atoms with Crippen LogP contribution in [-0.2, 0) is 0 Å². The highest BCUT2D eigenvalue weighted by Gasteiger charge is 2.23. The summed E-state index contributed by atoms with van der Waals surface area (Å²) < 4.78 is 4.66. The van der Waals surface area contributed by atoms with Gasteiger partial charge in [0.1, 0.15) is 0 Å². The molecule has 0 bridgehead atoms. The Hall–Kier alpha value is -7.63. The van der Waals surface area contributed by atoms with Gasteiger partial charge in [0.2, 0.25) is 5.95 Å². The number of nitrogens with zero attached hydrogens (tertiary/aromatic N) is 5. The summed E-state index contributed by atoms with van der Waals surface area (Å²) in [4.78, 5) is 15.9. The molecule has 3 heterocycles. The van der Waals surface area contributed by atoms with Crippen LogP contribution in [0.2, 0.25) is 0 Å². The van der Waals surface area contributed by atoms with Crippen LogP contribution in [0.1, 0.15) is 0 Å². The lowest BCUT2D eigenvalue weighted by Crippen LogP contribution is -2.06. The Labute approximate surface area is 321 Å². The van der Waals surface area contributed by atoms with E-state index in [4.69, 9.17) is 15.0 Å². The molecule has 3 aromatic heterocycles. The van der Waals surface area contributed by atoms with Gasteiger partial charge in [0, 0.05) is 38.4 Å². The lowest BCUT2D eigenvalue weighted by Gasteiger charge is -2.12. The molecule has 0 fully saturated rings. The van der Waals surface area contributed by atoms with Crippen LogP contribution in [0, 0.1) is 0 Å². The van der Waals surface area contributed by atoms with Crippen LogP contribution in [0.5, 0.6) is 0 Å². The van der Waals surface area contributed by atoms with Crippen molar-refractivity contribution in [2.45, 2.75) is 0 Å². The van der Waals surface area contributed by atoms with E-state index in [1.165, 1.54) is 26.9 Å². The van der Waals surface area contributed by atoms with E-state index in [0.29, 0.717) is 17.6 Å². The van der Waals surface area contributed by atoms with Crippen molar-refractivity contribution in [3.05, 3.63) is 188 Å². The maximum atomic E-state index is 5.36. The molecule has 0 amide bonds. The van der Waals surface area contributed by atoms with Gasteiger partial charge in [-0.3, -0.25) is 4.57 Å². The summed E-state index contributed by atoms with van der Waals surface area (Å²) in [5, 5.41) is 11.7. The number of fused-ring (bicyclic) bond motifs is 10. The van der Waals surface area contributed by atoms with E-state index in [9.17, 15) is 0 Å². The first-order chi connectivity index (χ1) is 27.7. The Morgan fingerprint density at radius 3 is 1.45 bits per heavy atom. The van der Waals surface area contributed by atoms with Gasteiger partial charge in [0.25, 0.3) is 0 Å². The molecule has 56 heavy (non-hydrogen) atoms. The van der Waals surface area contributed by atoms with Crippen LogP contribution < -0.4 is 0 Å². The quantitative estimate of drug-likeness (QED) is 0.182. The van der Waals surface area contributed by atoms with Crippen molar-refractivity contribution >= 4 is 75.9 Å². The van der Waals surface area contributed by atoms with Gasteiger partial charge < -0.3 is 4.57 Å². The Bertz CT molecular complexity index is 3460. The normalized spacial score (nSPS) is 11.9. The summed E-state index contributed by atoms with van der Waals surface area (Å²) in [5.74, 6) is 1.83. The number of hydrogen-bond donors (Lipinski definition) is 0. The van der Waals surface area contributed by atoms with Crippen molar-refractivity contribution in [3.63, 3.8) is 0 Å². The Morgan fingerprint density at radius 2 is 0.821 bits per heavy atom. The van der Waals surface area contributed by atoms with E-state index in [1.807, 2.05) is 0 Å². The Morgan fingerprint density at radius 1 is 0.321 bits per heavy atom. The summed E-state index contributed by atoms with van der Waals surface area (Å²) >= 11 is 0. The van der Waals surface area contributed by atoms with Crippen LogP contribution in [0.25, 0.3) is 110 Å². The number of aromatic nitrogens is 5. The smallest absolute Gasteiger partial charge is 0.238 e. The minimum atomic E-state index is 0.576. The lowest BCUT2D eigenvalue weighted by molar-refractivity contribution is 0.955. The maximum Gasteiger partial charge on any atom is 0.238 e. The number of hydrogen-bond acceptors (Lipinski definition) is 3. The van der Waals surface area contributed by atoms with E-state index < -0.39 is 0 Å². The highest BCUT2D eigenvalue weighted by Crippen LogP contribution is 2.42. The second-order valence-corrected chi connectivity index (χ2v) is 14.5. The largest absolute Gasteiger partial charge is 0.309 e. The van der Waals surface area contributed by atoms with Gasteiger partial charge in [-0.1, -0.05) is 146 Å². The molecule has 0 saturated heterocycles. The first kappa shape index (κ1) is 30.8. The van der Waals surface area contributed by atoms with Crippen molar-refractivity contribution in [2.75, 3.05) is 0 Å². The van der Waals surface area contributed by atoms with E-state index >= 15 is 0 Å². The molecule has 12 aromatic rings. The predicted molar refractivity (Wildman–Crippen MR) is 232 cm³/mol. The van der Waals surface area contributed by atoms with E-state index in [2.05, 4.69) is 197 Å². The van der Waals surface area contributed by atoms with Gasteiger partial charge in [-0.2, -0.15) is 9.97 Å². The number of para-hydroxylation sites is 2. The molecule has 0 radical (unpaired) electrons. The summed E-state index contributed by atoms with van der Waals surface area (Å²) in [6, 6.07) is 66.9. The maximum absolute atomic E-state index is 5.36. The molecule has 0 atom stereocenters. The summed E-state index contributed by atoms with van der Waals surface area (Å²) in [6.07, 6.45) is 0. The van der Waals surface area contributed by atoms with Crippen LogP contribution in [0.4, 0.5) is 0 Å². The standard InChI is InChI=1S/C51H31N5/c1-4-14-35-29-38(23-21-32(35)11-1)49-52-50(39-24-22-33-12-2-5-15-36(33)30-39)54-51(53-49)56-44-19-9-7-17-41(44)42-27-28-46-47(48(42)56)43-18-8-10-20-45(43)55(46)40-26-25-34-13-3-6-16-37(34)31-40/h1-31H. The van der Waals surface area contributed by atoms with Crippen molar-refractivity contribution in [2.24, 2.45) is 0 Å². The van der Waals surface area contributed by atoms with Gasteiger partial charge in [-0.25, -0.2) is 4.98 Å². The minimum Gasteiger partial charge on any atom is -0.309 e. The fraction of sp³-hybridized carbons (Fsp3) is 0. The molecule has 5 nitrogen and oxygen atoms in total. The molecule has 0 unspecified atom stereocenters. The zero-order valence-corrected chi connectivity index (χ0v) is 30.1. The number of benzene rings is 9. The second-order valence-electron chi connectivity index (χ2n) is 14.5. The molecule has 0 spiro atoms. The van der Waals surface area contributed by atoms with Crippen molar-refractivity contribution < 1.29 is 0 Å². The third-order valence-electron chi connectivity index (χ3n) is 11.3. The molecular formula is C51H31N5. The van der Waals surface area contributed by atoms with E-state index in [-0.39, 0.29) is 0 Å². The highest BCUT2D eigenvalue weighted by atomic mass is 15.2. The van der Waals surface area contributed by atoms with Gasteiger partial charge in [0.05, 0.1) is 22.1 Å². The van der Waals surface area contributed by atoms with Gasteiger partial charge in [0.15, 0.2) is 11.6 Å². The van der Waals surface area contributed by atoms with Gasteiger partial charge in [-0.15, -0.1) is 0 Å². The SMILES string of the molecule is c1ccc2cc(-c3nc(-c4ccc5ccccc5c4)nc(-n4c5ccccc5c5ccc6c(c7ccccc7n6-c6ccc7ccccc7c6)c54)n3)ccc2c1. The summed E-state index contributed by atoms with van der Waals surface area (Å²) in [6.45, 7) is 0. The number of rotatable bonds is 4. The van der Waals surface area contributed by atoms with Crippen LogP contribution in [-0.4, -0.2) is 24.1 Å². The van der Waals surface area contributed by atoms with Crippen molar-refractivity contribution in [3.8, 4) is 34.4 Å². The molecule has 5 heteroatoms. The second kappa shape index (κ2) is 11.9. The average molecular weight is 714 g/mol. The Kier molecular flexibility index (Phi) is 6.56. The molecule has 0 aliphatic carbocycles. The molecule has 12 rings (SSSR count). The molecule has 0 N–H and O–H groups in total. The zero-order chi connectivity index (χ0) is 36.7. The highest BCUT2D eigenvalue weighted by molar-refractivity contribution is 6.26. The predicted octanol–water partition coefficient (Wildman–Crippen LogP) is 12.9. The van der Waals surface area contributed by atoms with Gasteiger partial charge >= 0.3 is 0 Å². The molecule has 9 aromatic carbocycles. The molecule has 0 aliphatic heterocycles. The van der Waals surface area contributed by atoms with Gasteiger partial charge in [-0.05, 0) is 74.8 Å². The lowest BCUT2D eigenvalue weighted by atomic mass is 10.1. The third-order valence-corrected chi connectivity index (χ3v) is 11.3. The summed E-state index contributed by atoms with van der Waals surface area (Å²) in [7, 11) is 0. The first-order valence-corrected chi connectivity index (χ1v) is 18.9. The van der Waals surface area contributed by atoms with E-state index in [0.717, 1.165) is 65.8 Å².